The Morgan fingerprint density at radius 1 is 1.33 bits per heavy atom. The van der Waals surface area contributed by atoms with Crippen LogP contribution in [0.2, 0.25) is 0 Å². The standard InChI is InChI=1S/C14H10BrFN2O2S/c15-8-5-10-7(4-9(8)16)12(19)11-13(20)17-21-14(11)18(10)6-2-1-3-6/h4-6H,1-3H2,(H,17,20). The number of H-pyrrole nitrogens is 1. The fraction of sp³-hybridized carbons (Fsp3) is 0.286. The number of halogens is 2. The van der Waals surface area contributed by atoms with Gasteiger partial charge in [-0.2, -0.15) is 0 Å². The van der Waals surface area contributed by atoms with E-state index in [9.17, 15) is 14.0 Å². The number of aromatic nitrogens is 2. The normalized spacial score (nSPS) is 15.7. The van der Waals surface area contributed by atoms with Crippen molar-refractivity contribution in [1.29, 1.82) is 0 Å². The number of nitrogens with zero attached hydrogens (tertiary/aromatic N) is 1. The molecule has 7 heteroatoms. The predicted molar refractivity (Wildman–Crippen MR) is 84.8 cm³/mol. The molecule has 0 unspecified atom stereocenters. The minimum Gasteiger partial charge on any atom is -0.328 e. The lowest BCUT2D eigenvalue weighted by atomic mass is 9.92. The van der Waals surface area contributed by atoms with Crippen LogP contribution in [0, 0.1) is 5.82 Å². The quantitative estimate of drug-likeness (QED) is 0.714. The topological polar surface area (TPSA) is 54.9 Å². The Bertz CT molecular complexity index is 1000. The zero-order valence-electron chi connectivity index (χ0n) is 10.8. The molecule has 4 nitrogen and oxygen atoms in total. The van der Waals surface area contributed by atoms with Gasteiger partial charge in [0.1, 0.15) is 16.0 Å². The van der Waals surface area contributed by atoms with Crippen molar-refractivity contribution in [2.45, 2.75) is 25.3 Å². The van der Waals surface area contributed by atoms with Crippen molar-refractivity contribution in [3.8, 4) is 0 Å². The van der Waals surface area contributed by atoms with Crippen LogP contribution >= 0.6 is 27.5 Å². The number of nitrogens with one attached hydrogen (secondary N) is 1. The second kappa shape index (κ2) is 4.51. The van der Waals surface area contributed by atoms with E-state index in [2.05, 4.69) is 20.3 Å². The van der Waals surface area contributed by atoms with E-state index in [1.165, 1.54) is 17.6 Å². The third kappa shape index (κ3) is 1.77. The SMILES string of the molecule is O=c1[nH]sc2c1c(=O)c1cc(F)c(Br)cc1n2C1CCC1. The first kappa shape index (κ1) is 13.2. The number of benzene rings is 1. The molecule has 1 aliphatic carbocycles. The Kier molecular flexibility index (Phi) is 2.84. The maximum atomic E-state index is 13.8. The number of hydrogen-bond acceptors (Lipinski definition) is 3. The van der Waals surface area contributed by atoms with Crippen molar-refractivity contribution in [2.24, 2.45) is 0 Å². The van der Waals surface area contributed by atoms with Gasteiger partial charge in [-0.15, -0.1) is 0 Å². The van der Waals surface area contributed by atoms with Gasteiger partial charge in [0.25, 0.3) is 5.56 Å². The Morgan fingerprint density at radius 3 is 2.76 bits per heavy atom. The largest absolute Gasteiger partial charge is 0.328 e. The molecule has 1 fully saturated rings. The molecule has 1 N–H and O–H groups in total. The molecule has 2 aromatic heterocycles. The molecule has 2 heterocycles. The predicted octanol–water partition coefficient (Wildman–Crippen LogP) is 3.53. The Hall–Kier alpha value is -1.47. The third-order valence-electron chi connectivity index (χ3n) is 4.11. The Morgan fingerprint density at radius 2 is 2.10 bits per heavy atom. The first-order valence-corrected chi connectivity index (χ1v) is 8.23. The first-order valence-electron chi connectivity index (χ1n) is 6.62. The summed E-state index contributed by atoms with van der Waals surface area (Å²) in [6.07, 6.45) is 3.14. The van der Waals surface area contributed by atoms with Gasteiger partial charge in [-0.05, 0) is 58.9 Å². The van der Waals surface area contributed by atoms with Crippen molar-refractivity contribution in [2.75, 3.05) is 0 Å². The van der Waals surface area contributed by atoms with Crippen LogP contribution in [-0.2, 0) is 0 Å². The average Bonchev–Trinajstić information content (AvgIpc) is 2.77. The average molecular weight is 369 g/mol. The molecule has 0 saturated heterocycles. The van der Waals surface area contributed by atoms with Crippen LogP contribution < -0.4 is 11.0 Å². The van der Waals surface area contributed by atoms with Gasteiger partial charge >= 0.3 is 0 Å². The van der Waals surface area contributed by atoms with Crippen LogP contribution in [0.15, 0.2) is 26.2 Å². The van der Waals surface area contributed by atoms with Crippen molar-refractivity contribution in [3.63, 3.8) is 0 Å². The number of fused-ring (bicyclic) bond motifs is 2. The minimum absolute atomic E-state index is 0.140. The Labute approximate surface area is 130 Å². The Balaban J connectivity index is 2.29. The van der Waals surface area contributed by atoms with Crippen LogP contribution in [0.1, 0.15) is 25.3 Å². The summed E-state index contributed by atoms with van der Waals surface area (Å²) in [4.78, 5) is 25.1. The summed E-state index contributed by atoms with van der Waals surface area (Å²) in [6, 6.07) is 3.11. The summed E-state index contributed by atoms with van der Waals surface area (Å²) in [5.74, 6) is -0.495. The smallest absolute Gasteiger partial charge is 0.271 e. The molecule has 21 heavy (non-hydrogen) atoms. The fourth-order valence-electron chi connectivity index (χ4n) is 2.83. The summed E-state index contributed by atoms with van der Waals surface area (Å²) < 4.78 is 18.8. The van der Waals surface area contributed by atoms with E-state index < -0.39 is 16.8 Å². The van der Waals surface area contributed by atoms with E-state index in [0.717, 1.165) is 19.3 Å². The fourth-order valence-corrected chi connectivity index (χ4v) is 4.09. The van der Waals surface area contributed by atoms with Gasteiger partial charge in [-0.25, -0.2) is 4.39 Å². The molecule has 0 atom stereocenters. The van der Waals surface area contributed by atoms with E-state index in [1.54, 1.807) is 6.07 Å². The molecule has 1 aliphatic rings. The molecule has 0 amide bonds. The summed E-state index contributed by atoms with van der Waals surface area (Å²) >= 11 is 4.35. The van der Waals surface area contributed by atoms with Crippen molar-refractivity contribution < 1.29 is 4.39 Å². The zero-order valence-corrected chi connectivity index (χ0v) is 13.2. The van der Waals surface area contributed by atoms with Gasteiger partial charge in [0.2, 0.25) is 5.43 Å². The van der Waals surface area contributed by atoms with Gasteiger partial charge in [-0.1, -0.05) is 0 Å². The van der Waals surface area contributed by atoms with E-state index >= 15 is 0 Å². The number of pyridine rings is 1. The van der Waals surface area contributed by atoms with Gasteiger partial charge in [0.05, 0.1) is 9.99 Å². The third-order valence-corrected chi connectivity index (χ3v) is 5.60. The van der Waals surface area contributed by atoms with Crippen LogP contribution in [0.4, 0.5) is 4.39 Å². The monoisotopic (exact) mass is 368 g/mol. The summed E-state index contributed by atoms with van der Waals surface area (Å²) in [6.45, 7) is 0. The molecular weight excluding hydrogens is 359 g/mol. The maximum Gasteiger partial charge on any atom is 0.271 e. The maximum absolute atomic E-state index is 13.8. The van der Waals surface area contributed by atoms with Crippen LogP contribution in [-0.4, -0.2) is 8.94 Å². The lowest BCUT2D eigenvalue weighted by Crippen LogP contribution is -2.22. The summed E-state index contributed by atoms with van der Waals surface area (Å²) in [5.41, 5.74) is -0.108. The van der Waals surface area contributed by atoms with Crippen LogP contribution in [0.3, 0.4) is 0 Å². The highest BCUT2D eigenvalue weighted by atomic mass is 79.9. The van der Waals surface area contributed by atoms with E-state index in [-0.39, 0.29) is 16.8 Å². The second-order valence-electron chi connectivity index (χ2n) is 5.28. The molecule has 0 spiro atoms. The van der Waals surface area contributed by atoms with E-state index in [1.807, 2.05) is 4.57 Å². The summed E-state index contributed by atoms with van der Waals surface area (Å²) in [5, 5.41) is 0.403. The highest BCUT2D eigenvalue weighted by Crippen LogP contribution is 2.37. The molecule has 4 rings (SSSR count). The highest BCUT2D eigenvalue weighted by Gasteiger charge is 2.26. The van der Waals surface area contributed by atoms with Crippen LogP contribution in [0.25, 0.3) is 21.1 Å². The lowest BCUT2D eigenvalue weighted by molar-refractivity contribution is 0.328. The van der Waals surface area contributed by atoms with Gasteiger partial charge in [-0.3, -0.25) is 14.0 Å². The molecule has 3 aromatic rings. The number of hydrogen-bond donors (Lipinski definition) is 1. The van der Waals surface area contributed by atoms with Gasteiger partial charge < -0.3 is 4.57 Å². The van der Waals surface area contributed by atoms with Gasteiger partial charge in [0.15, 0.2) is 0 Å². The minimum atomic E-state index is -0.495. The van der Waals surface area contributed by atoms with Crippen molar-refractivity contribution in [1.82, 2.24) is 8.94 Å². The number of aromatic amines is 1. The molecule has 1 saturated carbocycles. The highest BCUT2D eigenvalue weighted by molar-refractivity contribution is 9.10. The lowest BCUT2D eigenvalue weighted by Gasteiger charge is -2.30. The number of rotatable bonds is 1. The molecule has 0 bridgehead atoms. The molecular formula is C14H10BrFN2O2S. The molecule has 108 valence electrons. The molecule has 0 aliphatic heterocycles. The zero-order chi connectivity index (χ0) is 14.7. The van der Waals surface area contributed by atoms with E-state index in [0.29, 0.717) is 14.8 Å². The van der Waals surface area contributed by atoms with Crippen molar-refractivity contribution in [3.05, 3.63) is 43.0 Å². The first-order chi connectivity index (χ1) is 10.1. The van der Waals surface area contributed by atoms with Crippen molar-refractivity contribution >= 4 is 48.6 Å². The molecule has 1 aromatic carbocycles. The van der Waals surface area contributed by atoms with Crippen LogP contribution in [0.5, 0.6) is 0 Å². The van der Waals surface area contributed by atoms with E-state index in [4.69, 9.17) is 0 Å². The van der Waals surface area contributed by atoms with Gasteiger partial charge in [0, 0.05) is 11.4 Å². The second-order valence-corrected chi connectivity index (χ2v) is 6.93. The summed E-state index contributed by atoms with van der Waals surface area (Å²) in [7, 11) is 0. The molecule has 0 radical (unpaired) electrons.